The maximum Gasteiger partial charge on any atom is 0.332 e. The summed E-state index contributed by atoms with van der Waals surface area (Å²) in [5.74, 6) is -0.738. The first kappa shape index (κ1) is 13.8. The van der Waals surface area contributed by atoms with Crippen LogP contribution in [0.25, 0.3) is 0 Å². The van der Waals surface area contributed by atoms with E-state index < -0.39 is 18.2 Å². The quantitative estimate of drug-likeness (QED) is 0.796. The molecule has 3 fully saturated rings. The van der Waals surface area contributed by atoms with Crippen molar-refractivity contribution in [2.75, 3.05) is 6.61 Å². The molecule has 20 heavy (non-hydrogen) atoms. The van der Waals surface area contributed by atoms with Crippen molar-refractivity contribution in [1.29, 1.82) is 0 Å². The van der Waals surface area contributed by atoms with Gasteiger partial charge in [-0.25, -0.2) is 4.79 Å². The second kappa shape index (κ2) is 5.69. The molecule has 1 amide bonds. The lowest BCUT2D eigenvalue weighted by Gasteiger charge is -2.33. The average molecular weight is 283 g/mol. The zero-order valence-corrected chi connectivity index (χ0v) is 11.4. The highest BCUT2D eigenvalue weighted by atomic mass is 16.5. The summed E-state index contributed by atoms with van der Waals surface area (Å²) in [5.41, 5.74) is 0. The molecule has 6 nitrogen and oxygen atoms in total. The number of carboxylic acid groups (broad SMARTS) is 1. The number of ether oxygens (including phenoxy) is 2. The Kier molecular flexibility index (Phi) is 3.94. The molecule has 2 heterocycles. The molecule has 2 saturated heterocycles. The number of carbonyl (C=O) groups is 2. The van der Waals surface area contributed by atoms with Crippen LogP contribution in [0.4, 0.5) is 0 Å². The van der Waals surface area contributed by atoms with E-state index in [1.807, 2.05) is 0 Å². The standard InChI is InChI=1S/C14H21NO5/c16-13(11-4-5-12(20-11)14(17)18)15-9-2-1-3-10-8(9)6-7-19-10/h8-12H,1-7H2,(H,15,16)(H,17,18)/t8?,9?,10?,11-,12+/m0/s1. The van der Waals surface area contributed by atoms with E-state index in [1.54, 1.807) is 0 Å². The van der Waals surface area contributed by atoms with Crippen LogP contribution in [0.15, 0.2) is 0 Å². The van der Waals surface area contributed by atoms with Gasteiger partial charge in [-0.05, 0) is 38.5 Å². The Hall–Kier alpha value is -1.14. The minimum atomic E-state index is -0.984. The normalized spacial score (nSPS) is 40.3. The summed E-state index contributed by atoms with van der Waals surface area (Å²) in [7, 11) is 0. The van der Waals surface area contributed by atoms with Crippen molar-refractivity contribution in [3.05, 3.63) is 0 Å². The molecule has 0 spiro atoms. The third-order valence-corrected chi connectivity index (χ3v) is 4.70. The second-order valence-electron chi connectivity index (χ2n) is 5.94. The van der Waals surface area contributed by atoms with Crippen LogP contribution >= 0.6 is 0 Å². The van der Waals surface area contributed by atoms with Crippen molar-refractivity contribution < 1.29 is 24.2 Å². The van der Waals surface area contributed by atoms with Gasteiger partial charge in [0.2, 0.25) is 5.91 Å². The van der Waals surface area contributed by atoms with Crippen molar-refractivity contribution in [2.45, 2.75) is 62.9 Å². The summed E-state index contributed by atoms with van der Waals surface area (Å²) in [4.78, 5) is 23.0. The molecule has 1 aliphatic carbocycles. The molecule has 5 atom stereocenters. The SMILES string of the molecule is O=C(NC1CCCC2OCCC12)[C@@H]1CC[C@H](C(=O)O)O1. The fourth-order valence-corrected chi connectivity index (χ4v) is 3.64. The minimum absolute atomic E-state index is 0.149. The van der Waals surface area contributed by atoms with Gasteiger partial charge in [-0.15, -0.1) is 0 Å². The van der Waals surface area contributed by atoms with Gasteiger partial charge in [-0.3, -0.25) is 4.79 Å². The van der Waals surface area contributed by atoms with Crippen LogP contribution in [0.2, 0.25) is 0 Å². The molecule has 0 radical (unpaired) electrons. The molecule has 0 aromatic rings. The zero-order chi connectivity index (χ0) is 14.1. The predicted octanol–water partition coefficient (Wildman–Crippen LogP) is 0.692. The van der Waals surface area contributed by atoms with E-state index in [-0.39, 0.29) is 18.1 Å². The van der Waals surface area contributed by atoms with Crippen LogP contribution in [0.5, 0.6) is 0 Å². The fraction of sp³-hybridized carbons (Fsp3) is 0.857. The number of aliphatic carboxylic acids is 1. The van der Waals surface area contributed by atoms with E-state index in [9.17, 15) is 9.59 Å². The number of fused-ring (bicyclic) bond motifs is 1. The van der Waals surface area contributed by atoms with E-state index in [1.165, 1.54) is 0 Å². The maximum atomic E-state index is 12.2. The van der Waals surface area contributed by atoms with Crippen LogP contribution in [0.1, 0.15) is 38.5 Å². The van der Waals surface area contributed by atoms with E-state index in [4.69, 9.17) is 14.6 Å². The molecule has 2 aliphatic heterocycles. The first-order valence-corrected chi connectivity index (χ1v) is 7.45. The van der Waals surface area contributed by atoms with Crippen LogP contribution in [-0.2, 0) is 19.1 Å². The summed E-state index contributed by atoms with van der Waals surface area (Å²) < 4.78 is 11.0. The Bertz CT molecular complexity index is 399. The molecule has 6 heteroatoms. The Morgan fingerprint density at radius 2 is 1.85 bits per heavy atom. The largest absolute Gasteiger partial charge is 0.479 e. The molecule has 1 saturated carbocycles. The minimum Gasteiger partial charge on any atom is -0.479 e. The van der Waals surface area contributed by atoms with Gasteiger partial charge in [0.05, 0.1) is 6.10 Å². The summed E-state index contributed by atoms with van der Waals surface area (Å²) >= 11 is 0. The maximum absolute atomic E-state index is 12.2. The lowest BCUT2D eigenvalue weighted by molar-refractivity contribution is -0.152. The summed E-state index contributed by atoms with van der Waals surface area (Å²) in [6, 6.07) is 0.149. The Morgan fingerprint density at radius 1 is 1.05 bits per heavy atom. The number of carboxylic acids is 1. The molecule has 0 aromatic heterocycles. The molecular weight excluding hydrogens is 262 g/mol. The van der Waals surface area contributed by atoms with Gasteiger partial charge < -0.3 is 19.9 Å². The third kappa shape index (κ3) is 2.67. The second-order valence-corrected chi connectivity index (χ2v) is 5.94. The lowest BCUT2D eigenvalue weighted by Crippen LogP contribution is -2.49. The van der Waals surface area contributed by atoms with Crippen molar-refractivity contribution in [2.24, 2.45) is 5.92 Å². The molecule has 0 bridgehead atoms. The van der Waals surface area contributed by atoms with E-state index in [2.05, 4.69) is 5.32 Å². The van der Waals surface area contributed by atoms with Crippen molar-refractivity contribution in [3.63, 3.8) is 0 Å². The highest BCUT2D eigenvalue weighted by Gasteiger charge is 2.40. The van der Waals surface area contributed by atoms with Gasteiger partial charge in [-0.1, -0.05) is 0 Å². The number of carbonyl (C=O) groups excluding carboxylic acids is 1. The average Bonchev–Trinajstić information content (AvgIpc) is 3.08. The van der Waals surface area contributed by atoms with Crippen LogP contribution in [-0.4, -0.2) is 47.9 Å². The molecular formula is C14H21NO5. The first-order valence-electron chi connectivity index (χ1n) is 7.45. The lowest BCUT2D eigenvalue weighted by atomic mass is 9.81. The van der Waals surface area contributed by atoms with Crippen molar-refractivity contribution in [3.8, 4) is 0 Å². The molecule has 3 unspecified atom stereocenters. The summed E-state index contributed by atoms with van der Waals surface area (Å²) in [6.07, 6.45) is 3.86. The summed E-state index contributed by atoms with van der Waals surface area (Å²) in [6.45, 7) is 0.780. The smallest absolute Gasteiger partial charge is 0.332 e. The van der Waals surface area contributed by atoms with E-state index in [0.29, 0.717) is 18.8 Å². The van der Waals surface area contributed by atoms with Gasteiger partial charge in [0.15, 0.2) is 6.10 Å². The van der Waals surface area contributed by atoms with Crippen molar-refractivity contribution >= 4 is 11.9 Å². The zero-order valence-electron chi connectivity index (χ0n) is 11.4. The van der Waals surface area contributed by atoms with Gasteiger partial charge in [0.1, 0.15) is 6.10 Å². The third-order valence-electron chi connectivity index (χ3n) is 4.70. The summed E-state index contributed by atoms with van der Waals surface area (Å²) in [5, 5.41) is 11.9. The topological polar surface area (TPSA) is 84.9 Å². The highest BCUT2D eigenvalue weighted by Crippen LogP contribution is 2.34. The molecule has 0 aromatic carbocycles. The Labute approximate surface area is 117 Å². The first-order chi connectivity index (χ1) is 9.65. The van der Waals surface area contributed by atoms with Crippen LogP contribution < -0.4 is 5.32 Å². The molecule has 112 valence electrons. The molecule has 3 aliphatic rings. The van der Waals surface area contributed by atoms with Gasteiger partial charge in [0.25, 0.3) is 0 Å². The number of rotatable bonds is 3. The number of hydrogen-bond donors (Lipinski definition) is 2. The van der Waals surface area contributed by atoms with E-state index >= 15 is 0 Å². The van der Waals surface area contributed by atoms with Gasteiger partial charge >= 0.3 is 5.97 Å². The fourth-order valence-electron chi connectivity index (χ4n) is 3.64. The number of hydrogen-bond acceptors (Lipinski definition) is 4. The van der Waals surface area contributed by atoms with Crippen LogP contribution in [0, 0.1) is 5.92 Å². The van der Waals surface area contributed by atoms with Crippen molar-refractivity contribution in [1.82, 2.24) is 5.32 Å². The van der Waals surface area contributed by atoms with E-state index in [0.717, 1.165) is 32.3 Å². The number of nitrogens with one attached hydrogen (secondary N) is 1. The predicted molar refractivity (Wildman–Crippen MR) is 69.2 cm³/mol. The van der Waals surface area contributed by atoms with Crippen LogP contribution in [0.3, 0.4) is 0 Å². The molecule has 2 N–H and O–H groups in total. The Morgan fingerprint density at radius 3 is 2.60 bits per heavy atom. The van der Waals surface area contributed by atoms with Gasteiger partial charge in [0, 0.05) is 18.6 Å². The monoisotopic (exact) mass is 283 g/mol. The molecule has 3 rings (SSSR count). The number of amides is 1. The Balaban J connectivity index is 1.55. The van der Waals surface area contributed by atoms with Gasteiger partial charge in [-0.2, -0.15) is 0 Å². The highest BCUT2D eigenvalue weighted by molar-refractivity contribution is 5.82.